The number of rotatable bonds is 3. The summed E-state index contributed by atoms with van der Waals surface area (Å²) in [6.07, 6.45) is 3.76. The minimum atomic E-state index is 0.125. The molecule has 108 valence electrons. The number of nitrogens with zero attached hydrogens (tertiary/aromatic N) is 3. The van der Waals surface area contributed by atoms with Crippen molar-refractivity contribution < 1.29 is 4.79 Å². The molecule has 1 amide bonds. The van der Waals surface area contributed by atoms with Crippen LogP contribution in [0.1, 0.15) is 19.4 Å². The predicted molar refractivity (Wildman–Crippen MR) is 77.9 cm³/mol. The van der Waals surface area contributed by atoms with E-state index < -0.39 is 0 Å². The second-order valence-electron chi connectivity index (χ2n) is 6.47. The first-order valence-corrected chi connectivity index (χ1v) is 7.53. The number of hydrogen-bond donors (Lipinski definition) is 0. The van der Waals surface area contributed by atoms with Gasteiger partial charge in [-0.25, -0.2) is 0 Å². The summed E-state index contributed by atoms with van der Waals surface area (Å²) in [4.78, 5) is 20.8. The van der Waals surface area contributed by atoms with Gasteiger partial charge in [-0.05, 0) is 23.5 Å². The van der Waals surface area contributed by atoms with E-state index in [9.17, 15) is 4.79 Å². The Kier molecular flexibility index (Phi) is 3.74. The van der Waals surface area contributed by atoms with E-state index >= 15 is 0 Å². The topological polar surface area (TPSA) is 36.4 Å². The van der Waals surface area contributed by atoms with Crippen LogP contribution in [0, 0.1) is 17.8 Å². The molecule has 0 saturated carbocycles. The lowest BCUT2D eigenvalue weighted by molar-refractivity contribution is -0.133. The summed E-state index contributed by atoms with van der Waals surface area (Å²) in [6, 6.07) is 4.13. The summed E-state index contributed by atoms with van der Waals surface area (Å²) < 4.78 is 0. The Bertz CT molecular complexity index is 460. The van der Waals surface area contributed by atoms with Crippen LogP contribution in [-0.2, 0) is 11.3 Å². The van der Waals surface area contributed by atoms with Crippen LogP contribution < -0.4 is 0 Å². The van der Waals surface area contributed by atoms with E-state index in [1.807, 2.05) is 32.3 Å². The zero-order valence-corrected chi connectivity index (χ0v) is 12.3. The summed E-state index contributed by atoms with van der Waals surface area (Å²) in [7, 11) is 0. The van der Waals surface area contributed by atoms with Crippen LogP contribution in [0.2, 0.25) is 0 Å². The summed E-state index contributed by atoms with van der Waals surface area (Å²) in [5.74, 6) is 1.77. The molecular weight excluding hydrogens is 250 g/mol. The van der Waals surface area contributed by atoms with Gasteiger partial charge in [0.05, 0.1) is 0 Å². The molecule has 1 aromatic heterocycles. The maximum atomic E-state index is 12.1. The third kappa shape index (κ3) is 2.70. The summed E-state index contributed by atoms with van der Waals surface area (Å²) >= 11 is 0. The van der Waals surface area contributed by atoms with E-state index in [0.29, 0.717) is 17.7 Å². The van der Waals surface area contributed by atoms with E-state index in [1.54, 1.807) is 0 Å². The Labute approximate surface area is 120 Å². The number of aromatic nitrogens is 1. The maximum absolute atomic E-state index is 12.1. The van der Waals surface area contributed by atoms with Gasteiger partial charge in [0, 0.05) is 51.0 Å². The van der Waals surface area contributed by atoms with Crippen LogP contribution in [0.5, 0.6) is 0 Å². The van der Waals surface area contributed by atoms with Gasteiger partial charge in [-0.15, -0.1) is 0 Å². The van der Waals surface area contributed by atoms with E-state index in [0.717, 1.165) is 32.7 Å². The van der Waals surface area contributed by atoms with Crippen molar-refractivity contribution in [3.63, 3.8) is 0 Å². The molecule has 2 aliphatic rings. The second-order valence-corrected chi connectivity index (χ2v) is 6.47. The minimum absolute atomic E-state index is 0.125. The molecule has 0 aromatic carbocycles. The zero-order chi connectivity index (χ0) is 14.1. The molecular formula is C16H23N3O. The Morgan fingerprint density at radius 1 is 1.30 bits per heavy atom. The van der Waals surface area contributed by atoms with Crippen LogP contribution in [0.3, 0.4) is 0 Å². The number of likely N-dealkylation sites (tertiary alicyclic amines) is 2. The molecule has 1 aromatic rings. The van der Waals surface area contributed by atoms with Crippen LogP contribution in [0.4, 0.5) is 0 Å². The summed E-state index contributed by atoms with van der Waals surface area (Å²) in [5.41, 5.74) is 1.28. The van der Waals surface area contributed by atoms with Gasteiger partial charge in [-0.2, -0.15) is 0 Å². The predicted octanol–water partition coefficient (Wildman–Crippen LogP) is 1.63. The van der Waals surface area contributed by atoms with E-state index in [4.69, 9.17) is 0 Å². The molecule has 2 fully saturated rings. The molecule has 3 heterocycles. The quantitative estimate of drug-likeness (QED) is 0.840. The molecule has 3 rings (SSSR count). The van der Waals surface area contributed by atoms with Crippen molar-refractivity contribution in [2.45, 2.75) is 20.4 Å². The number of amides is 1. The van der Waals surface area contributed by atoms with Crippen molar-refractivity contribution in [2.24, 2.45) is 17.8 Å². The number of pyridine rings is 1. The van der Waals surface area contributed by atoms with Gasteiger partial charge in [0.2, 0.25) is 5.91 Å². The van der Waals surface area contributed by atoms with Gasteiger partial charge in [-0.3, -0.25) is 14.7 Å². The monoisotopic (exact) mass is 273 g/mol. The first-order chi connectivity index (χ1) is 9.63. The number of fused-ring (bicyclic) bond motifs is 1. The van der Waals surface area contributed by atoms with Crippen LogP contribution in [0.25, 0.3) is 0 Å². The van der Waals surface area contributed by atoms with Gasteiger partial charge in [0.15, 0.2) is 0 Å². The first-order valence-electron chi connectivity index (χ1n) is 7.53. The molecule has 2 aliphatic heterocycles. The molecule has 4 nitrogen and oxygen atoms in total. The van der Waals surface area contributed by atoms with Gasteiger partial charge in [0.1, 0.15) is 0 Å². The van der Waals surface area contributed by atoms with Crippen LogP contribution in [0.15, 0.2) is 24.5 Å². The average Bonchev–Trinajstić information content (AvgIpc) is 2.96. The zero-order valence-electron chi connectivity index (χ0n) is 12.3. The fourth-order valence-corrected chi connectivity index (χ4v) is 3.51. The van der Waals surface area contributed by atoms with Crippen molar-refractivity contribution in [1.29, 1.82) is 0 Å². The van der Waals surface area contributed by atoms with Crippen molar-refractivity contribution >= 4 is 5.91 Å². The van der Waals surface area contributed by atoms with Gasteiger partial charge in [-0.1, -0.05) is 19.9 Å². The van der Waals surface area contributed by atoms with Gasteiger partial charge < -0.3 is 4.90 Å². The highest BCUT2D eigenvalue weighted by Gasteiger charge is 2.41. The highest BCUT2D eigenvalue weighted by atomic mass is 16.2. The second kappa shape index (κ2) is 5.52. The molecule has 0 N–H and O–H groups in total. The number of carbonyl (C=O) groups is 1. The maximum Gasteiger partial charge on any atom is 0.225 e. The number of hydrogen-bond acceptors (Lipinski definition) is 3. The van der Waals surface area contributed by atoms with E-state index in [-0.39, 0.29) is 5.92 Å². The third-order valence-corrected chi connectivity index (χ3v) is 4.50. The molecule has 4 heteroatoms. The lowest BCUT2D eigenvalue weighted by Crippen LogP contribution is -2.35. The lowest BCUT2D eigenvalue weighted by atomic mass is 10.0. The fraction of sp³-hybridized carbons (Fsp3) is 0.625. The van der Waals surface area contributed by atoms with Crippen LogP contribution >= 0.6 is 0 Å². The van der Waals surface area contributed by atoms with Crippen molar-refractivity contribution in [3.05, 3.63) is 30.1 Å². The first kappa shape index (κ1) is 13.6. The van der Waals surface area contributed by atoms with Crippen molar-refractivity contribution in [1.82, 2.24) is 14.8 Å². The highest BCUT2D eigenvalue weighted by Crippen LogP contribution is 2.32. The van der Waals surface area contributed by atoms with E-state index in [1.165, 1.54) is 5.56 Å². The molecule has 2 saturated heterocycles. The van der Waals surface area contributed by atoms with E-state index in [2.05, 4.69) is 20.9 Å². The molecule has 20 heavy (non-hydrogen) atoms. The normalized spacial score (nSPS) is 26.2. The average molecular weight is 273 g/mol. The minimum Gasteiger partial charge on any atom is -0.342 e. The molecule has 0 bridgehead atoms. The highest BCUT2D eigenvalue weighted by molar-refractivity contribution is 5.78. The van der Waals surface area contributed by atoms with Crippen molar-refractivity contribution in [2.75, 3.05) is 26.2 Å². The molecule has 0 radical (unpaired) electrons. The molecule has 0 unspecified atom stereocenters. The summed E-state index contributed by atoms with van der Waals surface area (Å²) in [6.45, 7) is 9.09. The smallest absolute Gasteiger partial charge is 0.225 e. The Hall–Kier alpha value is -1.42. The Morgan fingerprint density at radius 2 is 2.00 bits per heavy atom. The van der Waals surface area contributed by atoms with Gasteiger partial charge in [0.25, 0.3) is 0 Å². The Morgan fingerprint density at radius 3 is 2.55 bits per heavy atom. The lowest BCUT2D eigenvalue weighted by Gasteiger charge is -2.22. The standard InChI is InChI=1S/C16H23N3O/c1-12(2)16(20)19-10-14-8-18(9-15(14)11-19)7-13-4-3-5-17-6-13/h3-6,12,14-15H,7-11H2,1-2H3/t14-,15-/m0/s1. The van der Waals surface area contributed by atoms with Gasteiger partial charge >= 0.3 is 0 Å². The fourth-order valence-electron chi connectivity index (χ4n) is 3.51. The van der Waals surface area contributed by atoms with Crippen molar-refractivity contribution in [3.8, 4) is 0 Å². The molecule has 0 aliphatic carbocycles. The molecule has 0 spiro atoms. The molecule has 2 atom stereocenters. The third-order valence-electron chi connectivity index (χ3n) is 4.50. The summed E-state index contributed by atoms with van der Waals surface area (Å²) in [5, 5.41) is 0. The number of carbonyl (C=O) groups excluding carboxylic acids is 1. The SMILES string of the molecule is CC(C)C(=O)N1C[C@@H]2CN(Cc3cccnc3)C[C@H]2C1. The van der Waals surface area contributed by atoms with Crippen LogP contribution in [-0.4, -0.2) is 46.9 Å². The largest absolute Gasteiger partial charge is 0.342 e. The Balaban J connectivity index is 1.55.